The molecule has 4 aliphatic rings. The standard InChI is InChI=1S/C46H60N8O4/c1-4-52(5-2)35-24-22-34(23-25-35)44(55)53-26-8-11-39(53)42-48-28-37(50-42)32-18-14-30(15-19-32)31-16-20-33(21-17-31)38-29-49-43(51-38)40-12-9-27-54(40)45(56)36-10-6-7-13-41(36)58-46(57)47-3/h14-21,28-29,34-36,39-41H,4-13,22-27H2,1-3H3,(H,47,57)(H,48,50)(H,49,51)/t34?,35?,36?,39-,40-,41?/m0/s1. The molecular weight excluding hydrogens is 729 g/mol. The van der Waals surface area contributed by atoms with E-state index in [1.54, 1.807) is 7.05 Å². The highest BCUT2D eigenvalue weighted by Crippen LogP contribution is 2.39. The van der Waals surface area contributed by atoms with Crippen molar-refractivity contribution in [2.75, 3.05) is 33.2 Å². The SMILES string of the molecule is CCN(CC)C1CCC(C(=O)N2CCC[C@H]2c2ncc(-c3ccc(-c4ccc(-c5cnc([C@@H]6CCCN6C(=O)C6CCCCC6OC(=O)NC)[nH]5)cc4)cc3)[nH]2)CC1. The number of amides is 3. The predicted molar refractivity (Wildman–Crippen MR) is 224 cm³/mol. The number of hydrogen-bond donors (Lipinski definition) is 3. The second-order valence-electron chi connectivity index (χ2n) is 16.7. The van der Waals surface area contributed by atoms with Crippen molar-refractivity contribution < 1.29 is 19.1 Å². The molecule has 4 fully saturated rings. The van der Waals surface area contributed by atoms with Crippen molar-refractivity contribution in [1.29, 1.82) is 0 Å². The van der Waals surface area contributed by atoms with Gasteiger partial charge in [-0.3, -0.25) is 9.59 Å². The number of aromatic amines is 2. The Balaban J connectivity index is 0.883. The summed E-state index contributed by atoms with van der Waals surface area (Å²) in [5.74, 6) is 1.86. The lowest BCUT2D eigenvalue weighted by Gasteiger charge is -2.37. The van der Waals surface area contributed by atoms with Crippen LogP contribution >= 0.6 is 0 Å². The van der Waals surface area contributed by atoms with E-state index in [1.165, 1.54) is 0 Å². The summed E-state index contributed by atoms with van der Waals surface area (Å²) in [4.78, 5) is 62.9. The second kappa shape index (κ2) is 17.9. The van der Waals surface area contributed by atoms with E-state index in [2.05, 4.69) is 87.5 Å². The zero-order chi connectivity index (χ0) is 40.2. The molecule has 12 nitrogen and oxygen atoms in total. The summed E-state index contributed by atoms with van der Waals surface area (Å²) in [6.45, 7) is 8.11. The number of aromatic nitrogens is 4. The number of H-pyrrole nitrogens is 2. The van der Waals surface area contributed by atoms with Gasteiger partial charge in [-0.1, -0.05) is 68.8 Å². The van der Waals surface area contributed by atoms with Gasteiger partial charge in [-0.05, 0) is 106 Å². The maximum Gasteiger partial charge on any atom is 0.407 e. The van der Waals surface area contributed by atoms with Crippen LogP contribution < -0.4 is 5.32 Å². The first-order valence-corrected chi connectivity index (χ1v) is 21.9. The van der Waals surface area contributed by atoms with Crippen molar-refractivity contribution in [3.63, 3.8) is 0 Å². The second-order valence-corrected chi connectivity index (χ2v) is 16.7. The molecule has 0 spiro atoms. The maximum atomic E-state index is 13.8. The van der Waals surface area contributed by atoms with Crippen LogP contribution in [-0.4, -0.2) is 97.9 Å². The lowest BCUT2D eigenvalue weighted by atomic mass is 9.84. The molecule has 58 heavy (non-hydrogen) atoms. The van der Waals surface area contributed by atoms with Gasteiger partial charge in [-0.25, -0.2) is 14.8 Å². The van der Waals surface area contributed by atoms with Gasteiger partial charge in [0.25, 0.3) is 0 Å². The monoisotopic (exact) mass is 788 g/mol. The molecule has 4 atom stereocenters. The molecule has 2 saturated carbocycles. The molecule has 2 aliphatic heterocycles. The van der Waals surface area contributed by atoms with Crippen molar-refractivity contribution in [2.24, 2.45) is 11.8 Å². The summed E-state index contributed by atoms with van der Waals surface area (Å²) in [7, 11) is 1.55. The number of nitrogens with one attached hydrogen (secondary N) is 3. The van der Waals surface area contributed by atoms with Crippen LogP contribution in [0, 0.1) is 11.8 Å². The fourth-order valence-corrected chi connectivity index (χ4v) is 10.2. The molecule has 2 unspecified atom stereocenters. The van der Waals surface area contributed by atoms with Crippen molar-refractivity contribution in [1.82, 2.24) is 40.0 Å². The molecular formula is C46H60N8O4. The Hall–Kier alpha value is -4.97. The number of benzene rings is 2. The van der Waals surface area contributed by atoms with E-state index in [9.17, 15) is 14.4 Å². The minimum Gasteiger partial charge on any atom is -0.445 e. The van der Waals surface area contributed by atoms with Crippen LogP contribution in [0.1, 0.15) is 115 Å². The molecule has 2 aromatic heterocycles. The minimum absolute atomic E-state index is 0.0100. The molecule has 308 valence electrons. The topological polar surface area (TPSA) is 140 Å². The summed E-state index contributed by atoms with van der Waals surface area (Å²) < 4.78 is 5.62. The average molecular weight is 789 g/mol. The number of ether oxygens (including phenoxy) is 1. The molecule has 3 N–H and O–H groups in total. The van der Waals surface area contributed by atoms with E-state index >= 15 is 0 Å². The van der Waals surface area contributed by atoms with Gasteiger partial charge in [0, 0.05) is 32.1 Å². The quantitative estimate of drug-likeness (QED) is 0.139. The van der Waals surface area contributed by atoms with Crippen LogP contribution in [0.2, 0.25) is 0 Å². The molecule has 4 heterocycles. The number of likely N-dealkylation sites (tertiary alicyclic amines) is 2. The van der Waals surface area contributed by atoms with Gasteiger partial charge in [0.2, 0.25) is 11.8 Å². The molecule has 3 amide bonds. The lowest BCUT2D eigenvalue weighted by Crippen LogP contribution is -2.44. The van der Waals surface area contributed by atoms with Crippen LogP contribution in [-0.2, 0) is 14.3 Å². The van der Waals surface area contributed by atoms with Gasteiger partial charge in [-0.15, -0.1) is 0 Å². The third-order valence-corrected chi connectivity index (χ3v) is 13.5. The zero-order valence-electron chi connectivity index (χ0n) is 34.4. The number of hydrogen-bond acceptors (Lipinski definition) is 7. The van der Waals surface area contributed by atoms with Gasteiger partial charge < -0.3 is 34.7 Å². The Labute approximate surface area is 342 Å². The summed E-state index contributed by atoms with van der Waals surface area (Å²) in [6, 6.07) is 17.5. The molecule has 2 saturated heterocycles. The zero-order valence-corrected chi connectivity index (χ0v) is 34.4. The van der Waals surface area contributed by atoms with E-state index in [0.29, 0.717) is 24.9 Å². The Morgan fingerprint density at radius 2 is 1.17 bits per heavy atom. The molecule has 2 aliphatic carbocycles. The smallest absolute Gasteiger partial charge is 0.407 e. The molecule has 8 rings (SSSR count). The van der Waals surface area contributed by atoms with E-state index in [-0.39, 0.29) is 29.8 Å². The van der Waals surface area contributed by atoms with E-state index in [1.807, 2.05) is 17.3 Å². The molecule has 0 radical (unpaired) electrons. The minimum atomic E-state index is -0.482. The fourth-order valence-electron chi connectivity index (χ4n) is 10.2. The van der Waals surface area contributed by atoms with Crippen molar-refractivity contribution in [3.8, 4) is 33.6 Å². The number of alkyl carbamates (subject to hydrolysis) is 1. The van der Waals surface area contributed by atoms with Gasteiger partial charge >= 0.3 is 6.09 Å². The third-order valence-electron chi connectivity index (χ3n) is 13.5. The highest BCUT2D eigenvalue weighted by atomic mass is 16.6. The third kappa shape index (κ3) is 8.30. The number of nitrogens with zero attached hydrogens (tertiary/aromatic N) is 5. The summed E-state index contributed by atoms with van der Waals surface area (Å²) in [5, 5.41) is 2.53. The largest absolute Gasteiger partial charge is 0.445 e. The summed E-state index contributed by atoms with van der Waals surface area (Å²) in [6.07, 6.45) is 14.1. The van der Waals surface area contributed by atoms with Crippen molar-refractivity contribution in [2.45, 2.75) is 115 Å². The van der Waals surface area contributed by atoms with Crippen LogP contribution in [0.5, 0.6) is 0 Å². The van der Waals surface area contributed by atoms with Crippen LogP contribution in [0.15, 0.2) is 60.9 Å². The Bertz CT molecular complexity index is 2010. The lowest BCUT2D eigenvalue weighted by molar-refractivity contribution is -0.142. The Morgan fingerprint density at radius 1 is 0.672 bits per heavy atom. The summed E-state index contributed by atoms with van der Waals surface area (Å²) in [5.41, 5.74) is 6.19. The highest BCUT2D eigenvalue weighted by molar-refractivity contribution is 5.81. The number of rotatable bonds is 11. The first-order chi connectivity index (χ1) is 28.3. The number of imidazole rings is 2. The summed E-state index contributed by atoms with van der Waals surface area (Å²) >= 11 is 0. The normalized spacial score (nSPS) is 25.0. The fraction of sp³-hybridized carbons (Fsp3) is 0.543. The van der Waals surface area contributed by atoms with Gasteiger partial charge in [0.1, 0.15) is 17.8 Å². The Kier molecular flexibility index (Phi) is 12.3. The van der Waals surface area contributed by atoms with E-state index in [0.717, 1.165) is 136 Å². The van der Waals surface area contributed by atoms with Gasteiger partial charge in [0.05, 0.1) is 41.8 Å². The Morgan fingerprint density at radius 3 is 1.69 bits per heavy atom. The maximum absolute atomic E-state index is 13.8. The molecule has 4 aromatic rings. The number of carbonyl (C=O) groups is 3. The molecule has 0 bridgehead atoms. The van der Waals surface area contributed by atoms with Crippen LogP contribution in [0.25, 0.3) is 33.6 Å². The highest BCUT2D eigenvalue weighted by Gasteiger charge is 2.41. The van der Waals surface area contributed by atoms with Crippen molar-refractivity contribution in [3.05, 3.63) is 72.6 Å². The average Bonchev–Trinajstić information content (AvgIpc) is 4.12. The predicted octanol–water partition coefficient (Wildman–Crippen LogP) is 8.28. The van der Waals surface area contributed by atoms with Crippen molar-refractivity contribution >= 4 is 17.9 Å². The number of carbonyl (C=O) groups excluding carboxylic acids is 3. The van der Waals surface area contributed by atoms with Gasteiger partial charge in [-0.2, -0.15) is 0 Å². The van der Waals surface area contributed by atoms with Crippen LogP contribution in [0.3, 0.4) is 0 Å². The van der Waals surface area contributed by atoms with E-state index in [4.69, 9.17) is 14.7 Å². The first-order valence-electron chi connectivity index (χ1n) is 21.9. The van der Waals surface area contributed by atoms with E-state index < -0.39 is 12.2 Å². The first kappa shape index (κ1) is 39.8. The van der Waals surface area contributed by atoms with Crippen LogP contribution in [0.4, 0.5) is 4.79 Å². The molecule has 2 aromatic carbocycles. The molecule has 12 heteroatoms. The van der Waals surface area contributed by atoms with Gasteiger partial charge in [0.15, 0.2) is 0 Å².